The monoisotopic (exact) mass is 276 g/mol. The summed E-state index contributed by atoms with van der Waals surface area (Å²) in [6.07, 6.45) is 2.17. The zero-order valence-corrected chi connectivity index (χ0v) is 14.5. The van der Waals surface area contributed by atoms with E-state index in [-0.39, 0.29) is 5.04 Å². The van der Waals surface area contributed by atoms with Crippen molar-refractivity contribution >= 4 is 8.80 Å². The van der Waals surface area contributed by atoms with Gasteiger partial charge in [0.2, 0.25) is 0 Å². The molecule has 0 N–H and O–H groups in total. The molecule has 0 aliphatic rings. The summed E-state index contributed by atoms with van der Waals surface area (Å²) in [7, 11) is 0.793. The summed E-state index contributed by atoms with van der Waals surface area (Å²) in [5.74, 6) is 0.899. The van der Waals surface area contributed by atoms with E-state index >= 15 is 0 Å². The second-order valence-electron chi connectivity index (χ2n) is 5.76. The summed E-state index contributed by atoms with van der Waals surface area (Å²) in [5, 5.41) is -0.0652. The summed E-state index contributed by atoms with van der Waals surface area (Å²) in [6, 6.07) is 0. The van der Waals surface area contributed by atoms with Crippen molar-refractivity contribution in [1.82, 2.24) is 0 Å². The first-order chi connectivity index (χ1) is 8.32. The van der Waals surface area contributed by atoms with Gasteiger partial charge in [-0.2, -0.15) is 0 Å². The van der Waals surface area contributed by atoms with Crippen LogP contribution in [0, 0.1) is 11.8 Å². The van der Waals surface area contributed by atoms with E-state index in [1.807, 2.05) is 0 Å². The molecule has 0 spiro atoms. The number of hydrogen-bond donors (Lipinski definition) is 0. The van der Waals surface area contributed by atoms with E-state index in [1.54, 1.807) is 14.2 Å². The van der Waals surface area contributed by atoms with Crippen LogP contribution in [-0.2, 0) is 13.3 Å². The molecular formula is C14H32O3Si. The van der Waals surface area contributed by atoms with Gasteiger partial charge in [0.1, 0.15) is 0 Å². The van der Waals surface area contributed by atoms with Crippen LogP contribution in [0.3, 0.4) is 0 Å². The Morgan fingerprint density at radius 3 is 1.72 bits per heavy atom. The number of rotatable bonds is 9. The van der Waals surface area contributed by atoms with Gasteiger partial charge in [0, 0.05) is 25.9 Å². The fraction of sp³-hybridized carbons (Fsp3) is 1.00. The highest BCUT2D eigenvalue weighted by molar-refractivity contribution is 6.64. The Morgan fingerprint density at radius 2 is 1.44 bits per heavy atom. The molecule has 0 saturated heterocycles. The van der Waals surface area contributed by atoms with Crippen molar-refractivity contribution < 1.29 is 13.3 Å². The summed E-state index contributed by atoms with van der Waals surface area (Å²) in [4.78, 5) is 0. The highest BCUT2D eigenvalue weighted by atomic mass is 28.4. The summed E-state index contributed by atoms with van der Waals surface area (Å²) >= 11 is 0. The van der Waals surface area contributed by atoms with Crippen molar-refractivity contribution in [3.8, 4) is 0 Å². The summed E-state index contributed by atoms with van der Waals surface area (Å²) in [5.41, 5.74) is 0. The molecule has 0 saturated carbocycles. The van der Waals surface area contributed by atoms with Crippen LogP contribution in [0.4, 0.5) is 0 Å². The fourth-order valence-corrected chi connectivity index (χ4v) is 5.94. The zero-order chi connectivity index (χ0) is 14.4. The zero-order valence-electron chi connectivity index (χ0n) is 13.5. The molecular weight excluding hydrogens is 244 g/mol. The average Bonchev–Trinajstić information content (AvgIpc) is 2.33. The van der Waals surface area contributed by atoms with E-state index in [2.05, 4.69) is 41.5 Å². The van der Waals surface area contributed by atoms with Gasteiger partial charge >= 0.3 is 8.80 Å². The highest BCUT2D eigenvalue weighted by Crippen LogP contribution is 2.51. The van der Waals surface area contributed by atoms with Gasteiger partial charge < -0.3 is 13.3 Å². The largest absolute Gasteiger partial charge is 0.507 e. The Hall–Kier alpha value is 0.0969. The van der Waals surface area contributed by atoms with Gasteiger partial charge in [0.15, 0.2) is 0 Å². The molecule has 3 nitrogen and oxygen atoms in total. The Labute approximate surface area is 115 Å². The smallest absolute Gasteiger partial charge is 0.376 e. The minimum Gasteiger partial charge on any atom is -0.376 e. The van der Waals surface area contributed by atoms with Gasteiger partial charge in [0.05, 0.1) is 0 Å². The van der Waals surface area contributed by atoms with Crippen molar-refractivity contribution in [3.05, 3.63) is 0 Å². The normalized spacial score (nSPS) is 13.7. The molecule has 0 aromatic rings. The van der Waals surface area contributed by atoms with Crippen LogP contribution in [0.25, 0.3) is 0 Å². The molecule has 0 radical (unpaired) electrons. The molecule has 0 heterocycles. The Balaban J connectivity index is 5.25. The predicted molar refractivity (Wildman–Crippen MR) is 78.7 cm³/mol. The third-order valence-electron chi connectivity index (χ3n) is 4.39. The summed E-state index contributed by atoms with van der Waals surface area (Å²) in [6.45, 7) is 14.0. The quantitative estimate of drug-likeness (QED) is 0.468. The van der Waals surface area contributed by atoms with Crippen molar-refractivity contribution in [2.45, 2.75) is 59.4 Å². The number of unbranched alkanes of at least 4 members (excludes halogenated alkanes) is 1. The lowest BCUT2D eigenvalue weighted by atomic mass is 9.86. The Kier molecular flexibility index (Phi) is 7.67. The minimum atomic E-state index is -2.66. The standard InChI is InChI=1S/C14H32O3Si/c1-9-10-11-17-18(15-7,16-8)14(6,12(2)3)13(4)5/h12-13H,9-11H2,1-8H3. The molecule has 18 heavy (non-hydrogen) atoms. The fourth-order valence-electron chi connectivity index (χ4n) is 2.52. The lowest BCUT2D eigenvalue weighted by molar-refractivity contribution is 0.0455. The van der Waals surface area contributed by atoms with Gasteiger partial charge in [-0.15, -0.1) is 0 Å². The molecule has 0 rings (SSSR count). The van der Waals surface area contributed by atoms with E-state index in [1.165, 1.54) is 0 Å². The second kappa shape index (κ2) is 7.63. The molecule has 0 atom stereocenters. The molecule has 0 aliphatic carbocycles. The molecule has 0 bridgehead atoms. The van der Waals surface area contributed by atoms with Crippen LogP contribution in [-0.4, -0.2) is 29.6 Å². The molecule has 0 amide bonds. The van der Waals surface area contributed by atoms with Crippen LogP contribution in [0.2, 0.25) is 5.04 Å². The van der Waals surface area contributed by atoms with Gasteiger partial charge in [-0.3, -0.25) is 0 Å². The second-order valence-corrected chi connectivity index (χ2v) is 9.05. The Bertz CT molecular complexity index is 217. The van der Waals surface area contributed by atoms with Crippen molar-refractivity contribution in [1.29, 1.82) is 0 Å². The molecule has 0 aliphatic heterocycles. The van der Waals surface area contributed by atoms with Crippen LogP contribution >= 0.6 is 0 Å². The Morgan fingerprint density at radius 1 is 1.00 bits per heavy atom. The highest BCUT2D eigenvalue weighted by Gasteiger charge is 2.60. The van der Waals surface area contributed by atoms with Gasteiger partial charge in [-0.05, 0) is 18.3 Å². The van der Waals surface area contributed by atoms with Crippen LogP contribution in [0.15, 0.2) is 0 Å². The maximum atomic E-state index is 6.15. The third-order valence-corrected chi connectivity index (χ3v) is 8.52. The van der Waals surface area contributed by atoms with E-state index in [9.17, 15) is 0 Å². The lowest BCUT2D eigenvalue weighted by Crippen LogP contribution is -2.58. The van der Waals surface area contributed by atoms with E-state index in [4.69, 9.17) is 13.3 Å². The lowest BCUT2D eigenvalue weighted by Gasteiger charge is -2.47. The van der Waals surface area contributed by atoms with Crippen LogP contribution < -0.4 is 0 Å². The first-order valence-corrected chi connectivity index (χ1v) is 8.79. The first kappa shape index (κ1) is 18.1. The van der Waals surface area contributed by atoms with Crippen molar-refractivity contribution in [3.63, 3.8) is 0 Å². The summed E-state index contributed by atoms with van der Waals surface area (Å²) < 4.78 is 17.8. The SMILES string of the molecule is CCCCO[Si](OC)(OC)C(C)(C(C)C)C(C)C. The van der Waals surface area contributed by atoms with E-state index in [0.29, 0.717) is 11.8 Å². The maximum Gasteiger partial charge on any atom is 0.507 e. The van der Waals surface area contributed by atoms with Crippen LogP contribution in [0.1, 0.15) is 54.4 Å². The molecule has 0 fully saturated rings. The van der Waals surface area contributed by atoms with Gasteiger partial charge in [-0.1, -0.05) is 48.0 Å². The average molecular weight is 276 g/mol. The minimum absolute atomic E-state index is 0.0652. The molecule has 0 aromatic heterocycles. The first-order valence-electron chi connectivity index (χ1n) is 7.06. The predicted octanol–water partition coefficient (Wildman–Crippen LogP) is 4.11. The van der Waals surface area contributed by atoms with Crippen LogP contribution in [0.5, 0.6) is 0 Å². The van der Waals surface area contributed by atoms with Gasteiger partial charge in [-0.25, -0.2) is 0 Å². The molecule has 0 aromatic carbocycles. The van der Waals surface area contributed by atoms with E-state index in [0.717, 1.165) is 19.4 Å². The maximum absolute atomic E-state index is 6.15. The number of hydrogen-bond acceptors (Lipinski definition) is 3. The molecule has 110 valence electrons. The molecule has 4 heteroatoms. The van der Waals surface area contributed by atoms with Crippen molar-refractivity contribution in [2.24, 2.45) is 11.8 Å². The third kappa shape index (κ3) is 3.35. The van der Waals surface area contributed by atoms with E-state index < -0.39 is 8.80 Å². The van der Waals surface area contributed by atoms with Crippen molar-refractivity contribution in [2.75, 3.05) is 20.8 Å². The topological polar surface area (TPSA) is 27.7 Å². The molecule has 0 unspecified atom stereocenters. The van der Waals surface area contributed by atoms with Gasteiger partial charge in [0.25, 0.3) is 0 Å².